The maximum absolute atomic E-state index is 13.6. The Kier molecular flexibility index (Phi) is 8.81. The van der Waals surface area contributed by atoms with E-state index in [1.54, 1.807) is 12.1 Å². The first-order valence-corrected chi connectivity index (χ1v) is 17.1. The zero-order valence-electron chi connectivity index (χ0n) is 27.3. The second-order valence-corrected chi connectivity index (χ2v) is 15.6. The second-order valence-electron chi connectivity index (χ2n) is 15.6. The van der Waals surface area contributed by atoms with E-state index in [9.17, 15) is 13.9 Å². The molecule has 2 heterocycles. The highest BCUT2D eigenvalue weighted by Crippen LogP contribution is 2.64. The Balaban J connectivity index is 1.23. The van der Waals surface area contributed by atoms with Crippen molar-refractivity contribution in [1.29, 1.82) is 0 Å². The lowest BCUT2D eigenvalue weighted by molar-refractivity contribution is -0.286. The Hall–Kier alpha value is -2.19. The molecule has 1 aromatic heterocycles. The summed E-state index contributed by atoms with van der Waals surface area (Å²) in [7, 11) is 0. The van der Waals surface area contributed by atoms with E-state index >= 15 is 0 Å². The largest absolute Gasteiger partial charge is 0.586 e. The van der Waals surface area contributed by atoms with Gasteiger partial charge in [-0.2, -0.15) is 5.10 Å². The summed E-state index contributed by atoms with van der Waals surface area (Å²) in [4.78, 5) is 0. The maximum atomic E-state index is 13.6. The number of hydrogen-bond donors (Lipinski definition) is 3. The molecular formula is C36H53F2N3O3. The molecule has 2 fully saturated rings. The van der Waals surface area contributed by atoms with Crippen molar-refractivity contribution < 1.29 is 23.4 Å². The van der Waals surface area contributed by atoms with Gasteiger partial charge in [0.2, 0.25) is 0 Å². The van der Waals surface area contributed by atoms with Crippen LogP contribution in [0.25, 0.3) is 0 Å². The molecule has 44 heavy (non-hydrogen) atoms. The number of benzene rings is 1. The predicted octanol–water partition coefficient (Wildman–Crippen LogP) is 7.76. The minimum atomic E-state index is -3.60. The van der Waals surface area contributed by atoms with Crippen LogP contribution in [-0.2, 0) is 19.4 Å². The number of aliphatic hydroxyl groups excluding tert-OH is 1. The molecular weight excluding hydrogens is 560 g/mol. The number of ether oxygens (including phenoxy) is 2. The molecule has 8 atom stereocenters. The van der Waals surface area contributed by atoms with Crippen LogP contribution in [0.15, 0.2) is 24.4 Å². The number of H-pyrrole nitrogens is 1. The number of aromatic nitrogens is 2. The second kappa shape index (κ2) is 12.2. The van der Waals surface area contributed by atoms with Crippen LogP contribution < -0.4 is 14.8 Å². The smallest absolute Gasteiger partial charge is 0.396 e. The average Bonchev–Trinajstić information content (AvgIpc) is 3.64. The minimum absolute atomic E-state index is 0.0232. The fourth-order valence-electron chi connectivity index (χ4n) is 10.3. The molecule has 0 saturated heterocycles. The molecule has 2 aromatic rings. The quantitative estimate of drug-likeness (QED) is 0.242. The van der Waals surface area contributed by atoms with Gasteiger partial charge in [-0.1, -0.05) is 59.9 Å². The third kappa shape index (κ3) is 5.90. The third-order valence-corrected chi connectivity index (χ3v) is 12.6. The van der Waals surface area contributed by atoms with Gasteiger partial charge in [0.15, 0.2) is 11.5 Å². The Morgan fingerprint density at radius 2 is 1.82 bits per heavy atom. The lowest BCUT2D eigenvalue weighted by Gasteiger charge is -2.57. The molecule has 244 valence electrons. The van der Waals surface area contributed by atoms with Gasteiger partial charge in [-0.25, -0.2) is 0 Å². The number of aromatic amines is 1. The van der Waals surface area contributed by atoms with Crippen LogP contribution in [0, 0.1) is 52.3 Å². The van der Waals surface area contributed by atoms with Gasteiger partial charge >= 0.3 is 6.29 Å². The van der Waals surface area contributed by atoms with Gasteiger partial charge in [0.05, 0.1) is 6.20 Å². The summed E-state index contributed by atoms with van der Waals surface area (Å²) in [6, 6.07) is 5.09. The summed E-state index contributed by atoms with van der Waals surface area (Å²) in [5.74, 6) is 4.15. The van der Waals surface area contributed by atoms with Crippen LogP contribution in [0.4, 0.5) is 8.78 Å². The fourth-order valence-corrected chi connectivity index (χ4v) is 10.3. The van der Waals surface area contributed by atoms with Crippen LogP contribution in [0.5, 0.6) is 11.5 Å². The normalized spacial score (nSPS) is 34.6. The summed E-state index contributed by atoms with van der Waals surface area (Å²) >= 11 is 0. The summed E-state index contributed by atoms with van der Waals surface area (Å²) < 4.78 is 36.6. The van der Waals surface area contributed by atoms with Crippen LogP contribution in [0.3, 0.4) is 0 Å². The fraction of sp³-hybridized carbons (Fsp3) is 0.750. The zero-order valence-corrected chi connectivity index (χ0v) is 27.3. The van der Waals surface area contributed by atoms with Crippen LogP contribution in [0.2, 0.25) is 0 Å². The Morgan fingerprint density at radius 1 is 1.05 bits per heavy atom. The monoisotopic (exact) mass is 613 g/mol. The highest BCUT2D eigenvalue weighted by atomic mass is 19.3. The van der Waals surface area contributed by atoms with Crippen LogP contribution in [0.1, 0.15) is 96.4 Å². The lowest BCUT2D eigenvalue weighted by atomic mass is 9.48. The number of halogens is 2. The molecule has 2 saturated carbocycles. The molecule has 6 rings (SSSR count). The van der Waals surface area contributed by atoms with Gasteiger partial charge in [-0.3, -0.25) is 5.10 Å². The first-order chi connectivity index (χ1) is 20.9. The van der Waals surface area contributed by atoms with E-state index in [0.29, 0.717) is 29.7 Å². The highest BCUT2D eigenvalue weighted by Gasteiger charge is 2.59. The van der Waals surface area contributed by atoms with Crippen LogP contribution >= 0.6 is 0 Å². The van der Waals surface area contributed by atoms with E-state index in [0.717, 1.165) is 42.7 Å². The van der Waals surface area contributed by atoms with E-state index < -0.39 is 6.29 Å². The summed E-state index contributed by atoms with van der Waals surface area (Å²) in [6.45, 7) is 13.8. The number of hydrogen-bond acceptors (Lipinski definition) is 5. The van der Waals surface area contributed by atoms with Crippen molar-refractivity contribution >= 4 is 0 Å². The molecule has 6 nitrogen and oxygen atoms in total. The Bertz CT molecular complexity index is 1300. The molecule has 0 unspecified atom stereocenters. The van der Waals surface area contributed by atoms with Crippen LogP contribution in [-0.4, -0.2) is 34.8 Å². The van der Waals surface area contributed by atoms with Gasteiger partial charge in [-0.15, -0.1) is 8.78 Å². The SMILES string of the molecule is CC(C)CCC[C@@H](C)[C@H]1CC[C@H]2[C@H](CNCc3ccc4c(c3)OC(F)(F)O4)[C@@H]([C@@]3(C)Cc4cn[nH]c4C[C@@H]3CO)CC[C@]12C. The van der Waals surface area contributed by atoms with Crippen molar-refractivity contribution in [3.05, 3.63) is 41.2 Å². The molecule has 8 heteroatoms. The molecule has 0 bridgehead atoms. The summed E-state index contributed by atoms with van der Waals surface area (Å²) in [5.41, 5.74) is 3.68. The lowest BCUT2D eigenvalue weighted by Crippen LogP contribution is -2.54. The number of nitrogens with one attached hydrogen (secondary N) is 2. The molecule has 4 aliphatic rings. The van der Waals surface area contributed by atoms with Gasteiger partial charge in [0.1, 0.15) is 0 Å². The number of aliphatic hydroxyl groups is 1. The van der Waals surface area contributed by atoms with E-state index in [1.807, 2.05) is 12.3 Å². The molecule has 0 amide bonds. The van der Waals surface area contributed by atoms with Gasteiger partial charge in [0.25, 0.3) is 0 Å². The van der Waals surface area contributed by atoms with Crippen molar-refractivity contribution in [2.45, 2.75) is 105 Å². The van der Waals surface area contributed by atoms with E-state index in [-0.39, 0.29) is 29.4 Å². The first kappa shape index (κ1) is 31.8. The number of fused-ring (bicyclic) bond motifs is 3. The summed E-state index contributed by atoms with van der Waals surface area (Å²) in [5, 5.41) is 22.0. The van der Waals surface area contributed by atoms with Gasteiger partial charge in [-0.05, 0) is 121 Å². The summed E-state index contributed by atoms with van der Waals surface area (Å²) in [6.07, 6.45) is 9.10. The Labute approximate surface area is 262 Å². The van der Waals surface area contributed by atoms with E-state index in [2.05, 4.69) is 54.9 Å². The molecule has 0 spiro atoms. The van der Waals surface area contributed by atoms with Crippen molar-refractivity contribution in [1.82, 2.24) is 15.5 Å². The molecule has 3 aliphatic carbocycles. The molecule has 1 aliphatic heterocycles. The standard InChI is InChI=1S/C36H53F2N3O3/c1-22(2)7-6-8-23(3)28-10-11-29-27(20-39-18-24-9-12-32-33(15-24)44-36(37,38)43-32)30(13-14-34(28,29)4)35(5)17-25-19-40-41-31(25)16-26(35)21-42/h9,12,15,19,22-23,26-30,39,42H,6-8,10-11,13-14,16-18,20-21H2,1-5H3,(H,40,41)/t23-,26-,27+,28-,29+,30+,34-,35+/m1/s1. The molecule has 1 aromatic carbocycles. The van der Waals surface area contributed by atoms with Crippen molar-refractivity contribution in [2.24, 2.45) is 52.3 Å². The minimum Gasteiger partial charge on any atom is -0.396 e. The van der Waals surface area contributed by atoms with E-state index in [1.165, 1.54) is 56.2 Å². The van der Waals surface area contributed by atoms with Gasteiger partial charge < -0.3 is 19.9 Å². The molecule has 0 radical (unpaired) electrons. The third-order valence-electron chi connectivity index (χ3n) is 12.6. The average molecular weight is 614 g/mol. The van der Waals surface area contributed by atoms with E-state index in [4.69, 9.17) is 4.74 Å². The van der Waals surface area contributed by atoms with Crippen molar-refractivity contribution in [3.63, 3.8) is 0 Å². The zero-order chi connectivity index (χ0) is 31.3. The van der Waals surface area contributed by atoms with Crippen molar-refractivity contribution in [2.75, 3.05) is 13.2 Å². The maximum Gasteiger partial charge on any atom is 0.586 e. The molecule has 3 N–H and O–H groups in total. The highest BCUT2D eigenvalue weighted by molar-refractivity contribution is 5.45. The number of rotatable bonds is 11. The predicted molar refractivity (Wildman–Crippen MR) is 167 cm³/mol. The first-order valence-electron chi connectivity index (χ1n) is 17.1. The van der Waals surface area contributed by atoms with Crippen molar-refractivity contribution in [3.8, 4) is 11.5 Å². The number of alkyl halides is 2. The Morgan fingerprint density at radius 3 is 2.59 bits per heavy atom. The number of nitrogens with zero attached hydrogens (tertiary/aromatic N) is 1. The topological polar surface area (TPSA) is 79.4 Å². The van der Waals surface area contributed by atoms with Gasteiger partial charge in [0, 0.05) is 18.8 Å².